The number of halogens is 3. The Hall–Kier alpha value is -3.78. The highest BCUT2D eigenvalue weighted by molar-refractivity contribution is 5.83. The number of rotatable bonds is 5. The second-order valence-electron chi connectivity index (χ2n) is 7.88. The zero-order chi connectivity index (χ0) is 23.8. The Balaban J connectivity index is 1.82. The Kier molecular flexibility index (Phi) is 5.86. The number of quaternary nitrogens is 1. The van der Waals surface area contributed by atoms with Crippen LogP contribution >= 0.6 is 0 Å². The van der Waals surface area contributed by atoms with Crippen molar-refractivity contribution in [1.82, 2.24) is 0 Å². The van der Waals surface area contributed by atoms with Gasteiger partial charge < -0.3 is 19.2 Å². The third-order valence-corrected chi connectivity index (χ3v) is 5.05. The predicted molar refractivity (Wildman–Crippen MR) is 115 cm³/mol. The Bertz CT molecular complexity index is 1340. The van der Waals surface area contributed by atoms with Gasteiger partial charge in [-0.05, 0) is 29.3 Å². The zero-order valence-electron chi connectivity index (χ0n) is 17.8. The Labute approximate surface area is 187 Å². The fraction of sp³-hybridized carbons (Fsp3) is 0.160. The van der Waals surface area contributed by atoms with Crippen LogP contribution in [0.15, 0.2) is 75.9 Å². The van der Waals surface area contributed by atoms with Gasteiger partial charge in [-0.2, -0.15) is 13.2 Å². The van der Waals surface area contributed by atoms with Crippen molar-refractivity contribution in [3.05, 3.63) is 88.3 Å². The first-order valence-electron chi connectivity index (χ1n) is 10.1. The third kappa shape index (κ3) is 4.56. The van der Waals surface area contributed by atoms with Gasteiger partial charge in [-0.3, -0.25) is 4.79 Å². The Morgan fingerprint density at radius 1 is 0.939 bits per heavy atom. The number of hydrogen-bond acceptors (Lipinski definition) is 4. The third-order valence-electron chi connectivity index (χ3n) is 5.05. The second-order valence-corrected chi connectivity index (χ2v) is 7.88. The number of fused-ring (bicyclic) bond motifs is 1. The smallest absolute Gasteiger partial charge is 0.453 e. The topological polar surface area (TPSA) is 66.9 Å². The van der Waals surface area contributed by atoms with Crippen molar-refractivity contribution in [2.75, 3.05) is 14.1 Å². The second kappa shape index (κ2) is 8.63. The van der Waals surface area contributed by atoms with Crippen LogP contribution in [0.5, 0.6) is 17.2 Å². The van der Waals surface area contributed by atoms with E-state index in [1.165, 1.54) is 18.2 Å². The van der Waals surface area contributed by atoms with E-state index in [-0.39, 0.29) is 28.8 Å². The van der Waals surface area contributed by atoms with Gasteiger partial charge in [0.1, 0.15) is 17.9 Å². The number of hydrogen-bond donors (Lipinski definition) is 1. The molecule has 0 unspecified atom stereocenters. The molecule has 1 heterocycles. The molecule has 5 nitrogen and oxygen atoms in total. The molecule has 0 fully saturated rings. The predicted octanol–water partition coefficient (Wildman–Crippen LogP) is 3.99. The van der Waals surface area contributed by atoms with Crippen LogP contribution in [-0.4, -0.2) is 14.1 Å². The minimum absolute atomic E-state index is 0.00821. The van der Waals surface area contributed by atoms with Crippen molar-refractivity contribution < 1.29 is 32.3 Å². The van der Waals surface area contributed by atoms with Crippen LogP contribution in [0.25, 0.3) is 22.1 Å². The Morgan fingerprint density at radius 2 is 1.58 bits per heavy atom. The van der Waals surface area contributed by atoms with Crippen molar-refractivity contribution in [3.63, 3.8) is 0 Å². The van der Waals surface area contributed by atoms with Gasteiger partial charge in [0, 0.05) is 5.56 Å². The molecule has 170 valence electrons. The molecule has 0 atom stereocenters. The van der Waals surface area contributed by atoms with Crippen LogP contribution in [0.3, 0.4) is 0 Å². The van der Waals surface area contributed by atoms with E-state index in [0.29, 0.717) is 0 Å². The van der Waals surface area contributed by atoms with Crippen molar-refractivity contribution in [2.24, 2.45) is 0 Å². The fourth-order valence-corrected chi connectivity index (χ4v) is 3.54. The van der Waals surface area contributed by atoms with E-state index < -0.39 is 28.9 Å². The normalized spacial score (nSPS) is 11.8. The minimum Gasteiger partial charge on any atom is -0.872 e. The summed E-state index contributed by atoms with van der Waals surface area (Å²) in [5, 5.41) is 12.1. The van der Waals surface area contributed by atoms with Gasteiger partial charge in [0.05, 0.1) is 19.5 Å². The molecule has 0 saturated heterocycles. The van der Waals surface area contributed by atoms with Crippen molar-refractivity contribution in [2.45, 2.75) is 12.7 Å². The zero-order valence-corrected chi connectivity index (χ0v) is 17.8. The molecule has 4 aromatic rings. The van der Waals surface area contributed by atoms with E-state index in [1.807, 2.05) is 30.3 Å². The van der Waals surface area contributed by atoms with Gasteiger partial charge in [-0.15, -0.1) is 0 Å². The van der Waals surface area contributed by atoms with Gasteiger partial charge in [0.25, 0.3) is 5.76 Å². The first-order chi connectivity index (χ1) is 15.6. The molecule has 8 heteroatoms. The largest absolute Gasteiger partial charge is 0.872 e. The fourth-order valence-electron chi connectivity index (χ4n) is 3.54. The van der Waals surface area contributed by atoms with E-state index >= 15 is 0 Å². The number of ether oxygens (including phenoxy) is 1. The molecular formula is C25H20F3NO4. The van der Waals surface area contributed by atoms with Gasteiger partial charge in [-0.25, -0.2) is 0 Å². The van der Waals surface area contributed by atoms with Crippen molar-refractivity contribution in [1.29, 1.82) is 0 Å². The van der Waals surface area contributed by atoms with E-state index in [1.54, 1.807) is 26.2 Å². The number of nitrogens with one attached hydrogen (secondary N) is 1. The van der Waals surface area contributed by atoms with Crippen LogP contribution in [0, 0.1) is 0 Å². The molecule has 0 aliphatic heterocycles. The lowest BCUT2D eigenvalue weighted by Gasteiger charge is -2.19. The van der Waals surface area contributed by atoms with Crippen LogP contribution in [-0.2, 0) is 12.7 Å². The molecule has 0 bridgehead atoms. The monoisotopic (exact) mass is 455 g/mol. The lowest BCUT2D eigenvalue weighted by atomic mass is 10.1. The average Bonchev–Trinajstić information content (AvgIpc) is 2.77. The summed E-state index contributed by atoms with van der Waals surface area (Å²) in [7, 11) is 3.47. The van der Waals surface area contributed by atoms with Crippen LogP contribution in [0.4, 0.5) is 13.2 Å². The van der Waals surface area contributed by atoms with E-state index in [0.717, 1.165) is 22.1 Å². The van der Waals surface area contributed by atoms with Gasteiger partial charge in [-0.1, -0.05) is 54.3 Å². The molecule has 0 amide bonds. The highest BCUT2D eigenvalue weighted by atomic mass is 19.4. The molecule has 0 aliphatic carbocycles. The van der Waals surface area contributed by atoms with Crippen LogP contribution < -0.4 is 20.2 Å². The van der Waals surface area contributed by atoms with Gasteiger partial charge in [0.2, 0.25) is 11.2 Å². The van der Waals surface area contributed by atoms with E-state index in [2.05, 4.69) is 0 Å². The molecular weight excluding hydrogens is 435 g/mol. The Morgan fingerprint density at radius 3 is 2.18 bits per heavy atom. The van der Waals surface area contributed by atoms with Crippen molar-refractivity contribution in [3.8, 4) is 28.4 Å². The molecule has 33 heavy (non-hydrogen) atoms. The summed E-state index contributed by atoms with van der Waals surface area (Å²) in [6.45, 7) is 0.0948. The van der Waals surface area contributed by atoms with Crippen molar-refractivity contribution >= 4 is 11.0 Å². The van der Waals surface area contributed by atoms with Crippen LogP contribution in [0.2, 0.25) is 0 Å². The van der Waals surface area contributed by atoms with Gasteiger partial charge in [0.15, 0.2) is 0 Å². The van der Waals surface area contributed by atoms with E-state index in [4.69, 9.17) is 9.15 Å². The van der Waals surface area contributed by atoms with Gasteiger partial charge >= 0.3 is 6.18 Å². The van der Waals surface area contributed by atoms with E-state index in [9.17, 15) is 23.1 Å². The quantitative estimate of drug-likeness (QED) is 0.494. The summed E-state index contributed by atoms with van der Waals surface area (Å²) in [6.07, 6.45) is -5.01. The highest BCUT2D eigenvalue weighted by Gasteiger charge is 2.41. The maximum absolute atomic E-state index is 13.8. The summed E-state index contributed by atoms with van der Waals surface area (Å²) in [4.78, 5) is 13.8. The number of alkyl halides is 3. The lowest BCUT2D eigenvalue weighted by molar-refractivity contribution is -0.872. The maximum Gasteiger partial charge on any atom is 0.453 e. The summed E-state index contributed by atoms with van der Waals surface area (Å²) in [5.74, 6) is -2.99. The maximum atomic E-state index is 13.8. The summed E-state index contributed by atoms with van der Waals surface area (Å²) in [6, 6.07) is 18.1. The lowest BCUT2D eigenvalue weighted by Crippen LogP contribution is -3.04. The first kappa shape index (κ1) is 22.4. The molecule has 0 spiro atoms. The van der Waals surface area contributed by atoms with Crippen LogP contribution in [0.1, 0.15) is 11.3 Å². The molecule has 4 rings (SSSR count). The molecule has 0 radical (unpaired) electrons. The standard InChI is InChI=1S/C25H20F3NO4/c1-29(2)14-19-20(30)13-12-18-21(31)23(24(25(26,27)28)33-22(18)19)32-17-10-8-16(9-11-17)15-6-4-3-5-7-15/h3-13,30H,14H2,1-2H3. The highest BCUT2D eigenvalue weighted by Crippen LogP contribution is 2.39. The molecule has 0 saturated carbocycles. The summed E-state index contributed by atoms with van der Waals surface area (Å²) < 4.78 is 52.1. The molecule has 1 N–H and O–H groups in total. The average molecular weight is 455 g/mol. The number of benzene rings is 3. The molecule has 1 aromatic heterocycles. The summed E-state index contributed by atoms with van der Waals surface area (Å²) >= 11 is 0. The SMILES string of the molecule is C[NH+](C)Cc1c([O-])ccc2c(=O)c(Oc3ccc(-c4ccccc4)cc3)c(C(F)(F)F)oc12. The minimum atomic E-state index is -5.01. The summed E-state index contributed by atoms with van der Waals surface area (Å²) in [5.41, 5.74) is 0.407. The molecule has 3 aromatic carbocycles. The first-order valence-corrected chi connectivity index (χ1v) is 10.1. The molecule has 0 aliphatic rings.